The van der Waals surface area contributed by atoms with Gasteiger partial charge >= 0.3 is 0 Å². The van der Waals surface area contributed by atoms with Crippen LogP contribution in [0.3, 0.4) is 0 Å². The van der Waals surface area contributed by atoms with Crippen LogP contribution in [0.1, 0.15) is 17.3 Å². The molecule has 2 N–H and O–H groups in total. The molecule has 2 rings (SSSR count). The van der Waals surface area contributed by atoms with E-state index in [9.17, 15) is 22.4 Å². The highest BCUT2D eigenvalue weighted by Gasteiger charge is 2.16. The van der Waals surface area contributed by atoms with Gasteiger partial charge in [-0.2, -0.15) is 0 Å². The first-order valence-electron chi connectivity index (χ1n) is 6.94. The van der Waals surface area contributed by atoms with Crippen molar-refractivity contribution in [3.05, 3.63) is 59.9 Å². The van der Waals surface area contributed by atoms with Crippen molar-refractivity contribution in [2.45, 2.75) is 11.8 Å². The van der Waals surface area contributed by atoms with Crippen LogP contribution in [0.5, 0.6) is 0 Å². The van der Waals surface area contributed by atoms with Gasteiger partial charge in [0.15, 0.2) is 5.78 Å². The average molecular weight is 350 g/mol. The number of halogens is 1. The van der Waals surface area contributed by atoms with Gasteiger partial charge in [-0.1, -0.05) is 18.2 Å². The summed E-state index contributed by atoms with van der Waals surface area (Å²) in [5.41, 5.74) is 0.614. The molecule has 0 aromatic heterocycles. The number of rotatable bonds is 6. The van der Waals surface area contributed by atoms with Gasteiger partial charge in [0.2, 0.25) is 15.9 Å². The van der Waals surface area contributed by atoms with Crippen LogP contribution in [0.15, 0.2) is 53.4 Å². The lowest BCUT2D eigenvalue weighted by Crippen LogP contribution is -2.32. The largest absolute Gasteiger partial charge is 0.325 e. The Balaban J connectivity index is 1.99. The quantitative estimate of drug-likeness (QED) is 0.779. The van der Waals surface area contributed by atoms with Crippen LogP contribution in [-0.4, -0.2) is 26.7 Å². The fraction of sp³-hybridized carbons (Fsp3) is 0.125. The van der Waals surface area contributed by atoms with Crippen LogP contribution in [-0.2, 0) is 14.8 Å². The lowest BCUT2D eigenvalue weighted by molar-refractivity contribution is -0.115. The van der Waals surface area contributed by atoms with Crippen LogP contribution in [0, 0.1) is 5.82 Å². The number of hydrogen-bond donors (Lipinski definition) is 2. The van der Waals surface area contributed by atoms with E-state index < -0.39 is 28.3 Å². The van der Waals surface area contributed by atoms with E-state index in [0.29, 0.717) is 5.56 Å². The Kier molecular flexibility index (Phi) is 5.42. The summed E-state index contributed by atoms with van der Waals surface area (Å²) in [6, 6.07) is 10.6. The number of anilines is 1. The number of carbonyl (C=O) groups excluding carboxylic acids is 2. The predicted octanol–water partition coefficient (Wildman–Crippen LogP) is 1.95. The normalized spacial score (nSPS) is 11.1. The molecular weight excluding hydrogens is 335 g/mol. The van der Waals surface area contributed by atoms with Crippen LogP contribution in [0.25, 0.3) is 0 Å². The summed E-state index contributed by atoms with van der Waals surface area (Å²) in [5, 5.41) is 2.38. The third-order valence-electron chi connectivity index (χ3n) is 3.10. The van der Waals surface area contributed by atoms with E-state index in [1.165, 1.54) is 49.4 Å². The third kappa shape index (κ3) is 4.71. The number of benzene rings is 2. The molecule has 8 heteroatoms. The summed E-state index contributed by atoms with van der Waals surface area (Å²) in [6.07, 6.45) is 0. The Morgan fingerprint density at radius 1 is 1.08 bits per heavy atom. The predicted molar refractivity (Wildman–Crippen MR) is 86.7 cm³/mol. The molecule has 0 unspecified atom stereocenters. The summed E-state index contributed by atoms with van der Waals surface area (Å²) in [5.74, 6) is -1.33. The van der Waals surface area contributed by atoms with Crippen LogP contribution in [0.4, 0.5) is 10.1 Å². The number of Topliss-reactive ketones (excluding diaryl/α,β-unsaturated/α-hetero) is 1. The highest BCUT2D eigenvalue weighted by atomic mass is 32.2. The first kappa shape index (κ1) is 17.8. The fourth-order valence-electron chi connectivity index (χ4n) is 1.88. The number of ketones is 1. The van der Waals surface area contributed by atoms with Gasteiger partial charge in [-0.15, -0.1) is 0 Å². The van der Waals surface area contributed by atoms with E-state index in [2.05, 4.69) is 10.0 Å². The van der Waals surface area contributed by atoms with Gasteiger partial charge < -0.3 is 5.32 Å². The minimum atomic E-state index is -3.89. The molecule has 0 spiro atoms. The Labute approximate surface area is 138 Å². The zero-order valence-corrected chi connectivity index (χ0v) is 13.6. The lowest BCUT2D eigenvalue weighted by Gasteiger charge is -2.08. The van der Waals surface area contributed by atoms with Crippen molar-refractivity contribution in [2.24, 2.45) is 0 Å². The fourth-order valence-corrected chi connectivity index (χ4v) is 2.87. The zero-order valence-electron chi connectivity index (χ0n) is 12.7. The number of sulfonamides is 1. The van der Waals surface area contributed by atoms with Crippen molar-refractivity contribution in [3.63, 3.8) is 0 Å². The molecule has 2 aromatic carbocycles. The number of amides is 1. The smallest absolute Gasteiger partial charge is 0.241 e. The Morgan fingerprint density at radius 3 is 2.33 bits per heavy atom. The van der Waals surface area contributed by atoms with Gasteiger partial charge in [0.05, 0.1) is 11.4 Å². The van der Waals surface area contributed by atoms with Crippen molar-refractivity contribution in [1.29, 1.82) is 0 Å². The number of carbonyl (C=O) groups is 2. The topological polar surface area (TPSA) is 92.3 Å². The Morgan fingerprint density at radius 2 is 1.75 bits per heavy atom. The van der Waals surface area contributed by atoms with E-state index in [4.69, 9.17) is 0 Å². The minimum absolute atomic E-state index is 0.0638. The maximum absolute atomic E-state index is 13.0. The molecule has 0 atom stereocenters. The van der Waals surface area contributed by atoms with E-state index >= 15 is 0 Å². The second kappa shape index (κ2) is 7.33. The maximum atomic E-state index is 13.0. The molecule has 2 aromatic rings. The second-order valence-corrected chi connectivity index (χ2v) is 6.73. The molecule has 0 saturated carbocycles. The highest BCUT2D eigenvalue weighted by molar-refractivity contribution is 7.89. The van der Waals surface area contributed by atoms with Crippen molar-refractivity contribution in [1.82, 2.24) is 4.72 Å². The Bertz CT molecular complexity index is 864. The van der Waals surface area contributed by atoms with E-state index in [-0.39, 0.29) is 16.4 Å². The van der Waals surface area contributed by atoms with Crippen molar-refractivity contribution < 1.29 is 22.4 Å². The maximum Gasteiger partial charge on any atom is 0.241 e. The van der Waals surface area contributed by atoms with Gasteiger partial charge in [0, 0.05) is 11.3 Å². The van der Waals surface area contributed by atoms with Crippen molar-refractivity contribution in [3.8, 4) is 0 Å². The number of hydrogen-bond acceptors (Lipinski definition) is 4. The summed E-state index contributed by atoms with van der Waals surface area (Å²) < 4.78 is 39.3. The molecule has 0 radical (unpaired) electrons. The SMILES string of the molecule is CC(=O)c1ccc(S(=O)(=O)NCC(=O)Nc2cccc(F)c2)cc1. The summed E-state index contributed by atoms with van der Waals surface area (Å²) >= 11 is 0. The molecule has 0 aliphatic heterocycles. The average Bonchev–Trinajstić information content (AvgIpc) is 2.53. The molecule has 0 heterocycles. The molecule has 6 nitrogen and oxygen atoms in total. The molecule has 1 amide bonds. The lowest BCUT2D eigenvalue weighted by atomic mass is 10.2. The summed E-state index contributed by atoms with van der Waals surface area (Å²) in [7, 11) is -3.89. The standard InChI is InChI=1S/C16H15FN2O4S/c1-11(20)12-5-7-15(8-6-12)24(22,23)18-10-16(21)19-14-4-2-3-13(17)9-14/h2-9,18H,10H2,1H3,(H,19,21). The molecule has 24 heavy (non-hydrogen) atoms. The molecule has 0 saturated heterocycles. The molecule has 0 fully saturated rings. The molecule has 0 aliphatic rings. The molecule has 0 bridgehead atoms. The van der Waals surface area contributed by atoms with Crippen LogP contribution < -0.4 is 10.0 Å². The monoisotopic (exact) mass is 350 g/mol. The van der Waals surface area contributed by atoms with E-state index in [1.807, 2.05) is 0 Å². The van der Waals surface area contributed by atoms with Crippen LogP contribution >= 0.6 is 0 Å². The Hall–Kier alpha value is -2.58. The first-order chi connectivity index (χ1) is 11.3. The van der Waals surface area contributed by atoms with Crippen molar-refractivity contribution in [2.75, 3.05) is 11.9 Å². The van der Waals surface area contributed by atoms with E-state index in [0.717, 1.165) is 6.07 Å². The van der Waals surface area contributed by atoms with Gasteiger partial charge in [-0.3, -0.25) is 9.59 Å². The second-order valence-electron chi connectivity index (χ2n) is 4.96. The third-order valence-corrected chi connectivity index (χ3v) is 4.52. The van der Waals surface area contributed by atoms with Crippen molar-refractivity contribution >= 4 is 27.4 Å². The summed E-state index contributed by atoms with van der Waals surface area (Å²) in [4.78, 5) is 22.9. The summed E-state index contributed by atoms with van der Waals surface area (Å²) in [6.45, 7) is 0.867. The van der Waals surface area contributed by atoms with Crippen LogP contribution in [0.2, 0.25) is 0 Å². The zero-order chi connectivity index (χ0) is 17.7. The number of nitrogens with one attached hydrogen (secondary N) is 2. The molecule has 126 valence electrons. The highest BCUT2D eigenvalue weighted by Crippen LogP contribution is 2.11. The van der Waals surface area contributed by atoms with Gasteiger partial charge in [-0.25, -0.2) is 17.5 Å². The van der Waals surface area contributed by atoms with Gasteiger partial charge in [-0.05, 0) is 37.3 Å². The van der Waals surface area contributed by atoms with Gasteiger partial charge in [0.25, 0.3) is 0 Å². The van der Waals surface area contributed by atoms with E-state index in [1.54, 1.807) is 0 Å². The van der Waals surface area contributed by atoms with Gasteiger partial charge in [0.1, 0.15) is 5.82 Å². The molecular formula is C16H15FN2O4S. The molecule has 0 aliphatic carbocycles. The minimum Gasteiger partial charge on any atom is -0.325 e. The first-order valence-corrected chi connectivity index (χ1v) is 8.42.